The topological polar surface area (TPSA) is 115 Å². The lowest BCUT2D eigenvalue weighted by Crippen LogP contribution is -2.45. The highest BCUT2D eigenvalue weighted by Crippen LogP contribution is 1.96. The van der Waals surface area contributed by atoms with Gasteiger partial charge in [0.05, 0.1) is 19.8 Å². The van der Waals surface area contributed by atoms with Crippen molar-refractivity contribution in [3.63, 3.8) is 0 Å². The highest BCUT2D eigenvalue weighted by atomic mass is 16.6. The lowest BCUT2D eigenvalue weighted by molar-refractivity contribution is -0.150. The monoisotopic (exact) mass is 391 g/mol. The van der Waals surface area contributed by atoms with Crippen LogP contribution in [0.25, 0.3) is 0 Å². The first-order chi connectivity index (χ1) is 12.7. The van der Waals surface area contributed by atoms with Crippen molar-refractivity contribution in [2.24, 2.45) is 0 Å². The first-order valence-electron chi connectivity index (χ1n) is 8.22. The summed E-state index contributed by atoms with van der Waals surface area (Å²) in [4.78, 5) is 50.9. The summed E-state index contributed by atoms with van der Waals surface area (Å²) in [6.45, 7) is -0.0395. The van der Waals surface area contributed by atoms with Gasteiger partial charge in [-0.05, 0) is 0 Å². The van der Waals surface area contributed by atoms with Crippen molar-refractivity contribution < 1.29 is 38.1 Å². The van der Waals surface area contributed by atoms with Crippen molar-refractivity contribution in [1.82, 2.24) is 14.7 Å². The molecule has 0 heterocycles. The maximum Gasteiger partial charge on any atom is 0.410 e. The first-order valence-corrected chi connectivity index (χ1v) is 8.22. The standard InChI is InChI=1S/C16H29N3O8/c1-17(14(21)11-19(3)16(23)27-9-7-25-5)10-13(20)18(2)12-15(22)26-8-6-24-4/h6-12H2,1-5H3. The van der Waals surface area contributed by atoms with E-state index in [1.54, 1.807) is 0 Å². The van der Waals surface area contributed by atoms with Crippen molar-refractivity contribution in [1.29, 1.82) is 0 Å². The predicted octanol–water partition coefficient (Wildman–Crippen LogP) is -1.19. The Morgan fingerprint density at radius 2 is 1.07 bits per heavy atom. The average molecular weight is 391 g/mol. The van der Waals surface area contributed by atoms with Crippen molar-refractivity contribution in [2.45, 2.75) is 0 Å². The van der Waals surface area contributed by atoms with E-state index in [0.29, 0.717) is 0 Å². The van der Waals surface area contributed by atoms with E-state index in [1.807, 2.05) is 0 Å². The maximum absolute atomic E-state index is 12.1. The lowest BCUT2D eigenvalue weighted by atomic mass is 10.4. The fraction of sp³-hybridized carbons (Fsp3) is 0.750. The zero-order chi connectivity index (χ0) is 20.8. The van der Waals surface area contributed by atoms with Gasteiger partial charge in [0.1, 0.15) is 26.3 Å². The predicted molar refractivity (Wildman–Crippen MR) is 94.0 cm³/mol. The number of amides is 3. The third-order valence-corrected chi connectivity index (χ3v) is 3.34. The molecule has 11 nitrogen and oxygen atoms in total. The fourth-order valence-electron chi connectivity index (χ4n) is 1.69. The van der Waals surface area contributed by atoms with E-state index in [9.17, 15) is 19.2 Å². The van der Waals surface area contributed by atoms with Gasteiger partial charge in [0, 0.05) is 35.4 Å². The molecule has 0 saturated heterocycles. The Morgan fingerprint density at radius 3 is 1.59 bits per heavy atom. The van der Waals surface area contributed by atoms with Crippen LogP contribution in [0.4, 0.5) is 4.79 Å². The SMILES string of the molecule is COCCOC(=O)CN(C)C(=O)CN(C)C(=O)CN(C)C(=O)OCCOC. The van der Waals surface area contributed by atoms with E-state index in [4.69, 9.17) is 18.9 Å². The molecule has 0 aromatic rings. The molecule has 0 aromatic heterocycles. The van der Waals surface area contributed by atoms with Gasteiger partial charge >= 0.3 is 12.1 Å². The molecule has 0 aromatic carbocycles. The summed E-state index contributed by atoms with van der Waals surface area (Å²) in [6.07, 6.45) is -0.670. The molecular formula is C16H29N3O8. The van der Waals surface area contributed by atoms with Crippen molar-refractivity contribution in [3.8, 4) is 0 Å². The minimum Gasteiger partial charge on any atom is -0.462 e. The lowest BCUT2D eigenvalue weighted by Gasteiger charge is -2.23. The molecule has 11 heteroatoms. The Hall–Kier alpha value is -2.40. The van der Waals surface area contributed by atoms with Crippen molar-refractivity contribution >= 4 is 23.9 Å². The Labute approximate surface area is 159 Å². The Morgan fingerprint density at radius 1 is 0.630 bits per heavy atom. The number of carbonyl (C=O) groups excluding carboxylic acids is 4. The maximum atomic E-state index is 12.1. The molecule has 0 aliphatic heterocycles. The number of hydrogen-bond acceptors (Lipinski definition) is 8. The van der Waals surface area contributed by atoms with Crippen LogP contribution in [0.15, 0.2) is 0 Å². The van der Waals surface area contributed by atoms with Crippen LogP contribution in [0.5, 0.6) is 0 Å². The van der Waals surface area contributed by atoms with Crippen LogP contribution in [-0.4, -0.2) is 120 Å². The third-order valence-electron chi connectivity index (χ3n) is 3.34. The second-order valence-electron chi connectivity index (χ2n) is 5.68. The van der Waals surface area contributed by atoms with E-state index in [1.165, 1.54) is 35.4 Å². The van der Waals surface area contributed by atoms with Crippen LogP contribution in [-0.2, 0) is 33.3 Å². The number of methoxy groups -OCH3 is 2. The quantitative estimate of drug-likeness (QED) is 0.301. The molecule has 0 spiro atoms. The zero-order valence-electron chi connectivity index (χ0n) is 16.6. The highest BCUT2D eigenvalue weighted by Gasteiger charge is 2.21. The zero-order valence-corrected chi connectivity index (χ0v) is 16.6. The number of ether oxygens (including phenoxy) is 4. The fourth-order valence-corrected chi connectivity index (χ4v) is 1.69. The number of hydrogen-bond donors (Lipinski definition) is 0. The van der Waals surface area contributed by atoms with Gasteiger partial charge in [-0.2, -0.15) is 0 Å². The molecule has 3 amide bonds. The molecule has 27 heavy (non-hydrogen) atoms. The van der Waals surface area contributed by atoms with E-state index in [0.717, 1.165) is 14.7 Å². The van der Waals surface area contributed by atoms with Gasteiger partial charge in [0.15, 0.2) is 0 Å². The summed E-state index contributed by atoms with van der Waals surface area (Å²) in [5, 5.41) is 0. The van der Waals surface area contributed by atoms with E-state index in [-0.39, 0.29) is 46.1 Å². The van der Waals surface area contributed by atoms with Crippen LogP contribution in [0, 0.1) is 0 Å². The minimum atomic E-state index is -0.670. The van der Waals surface area contributed by atoms with Crippen LogP contribution in [0.3, 0.4) is 0 Å². The molecule has 0 rings (SSSR count). The molecular weight excluding hydrogens is 362 g/mol. The van der Waals surface area contributed by atoms with E-state index < -0.39 is 23.9 Å². The summed E-state index contributed by atoms with van der Waals surface area (Å²) < 4.78 is 19.3. The number of rotatable bonds is 12. The molecule has 0 N–H and O–H groups in total. The molecule has 0 bridgehead atoms. The molecule has 0 fully saturated rings. The third kappa shape index (κ3) is 11.0. The van der Waals surface area contributed by atoms with Crippen LogP contribution in [0.1, 0.15) is 0 Å². The Balaban J connectivity index is 4.30. The molecule has 0 unspecified atom stereocenters. The van der Waals surface area contributed by atoms with Crippen LogP contribution < -0.4 is 0 Å². The van der Waals surface area contributed by atoms with Crippen LogP contribution in [0.2, 0.25) is 0 Å². The van der Waals surface area contributed by atoms with E-state index in [2.05, 4.69) is 0 Å². The van der Waals surface area contributed by atoms with Gasteiger partial charge in [-0.1, -0.05) is 0 Å². The van der Waals surface area contributed by atoms with Gasteiger partial charge in [-0.15, -0.1) is 0 Å². The van der Waals surface area contributed by atoms with Crippen LogP contribution >= 0.6 is 0 Å². The van der Waals surface area contributed by atoms with Gasteiger partial charge in [-0.25, -0.2) is 4.79 Å². The smallest absolute Gasteiger partial charge is 0.410 e. The van der Waals surface area contributed by atoms with Crippen molar-refractivity contribution in [2.75, 3.05) is 81.4 Å². The van der Waals surface area contributed by atoms with Gasteiger partial charge < -0.3 is 33.6 Å². The summed E-state index contributed by atoms with van der Waals surface area (Å²) in [7, 11) is 7.22. The van der Waals surface area contributed by atoms with Gasteiger partial charge in [-0.3, -0.25) is 14.4 Å². The van der Waals surface area contributed by atoms with Gasteiger partial charge in [0.25, 0.3) is 0 Å². The second-order valence-corrected chi connectivity index (χ2v) is 5.68. The molecule has 156 valence electrons. The first kappa shape index (κ1) is 24.6. The summed E-state index contributed by atoms with van der Waals surface area (Å²) in [5.41, 5.74) is 0. The second kappa shape index (κ2) is 13.8. The van der Waals surface area contributed by atoms with Gasteiger partial charge in [0.2, 0.25) is 11.8 Å². The number of likely N-dealkylation sites (N-methyl/N-ethyl adjacent to an activating group) is 3. The molecule has 0 saturated carbocycles. The summed E-state index contributed by atoms with van der Waals surface area (Å²) >= 11 is 0. The van der Waals surface area contributed by atoms with E-state index >= 15 is 0 Å². The molecule has 0 atom stereocenters. The largest absolute Gasteiger partial charge is 0.462 e. The molecule has 0 aliphatic rings. The summed E-state index contributed by atoms with van der Waals surface area (Å²) in [5.74, 6) is -1.47. The molecule has 0 radical (unpaired) electrons. The number of carbonyl (C=O) groups is 4. The van der Waals surface area contributed by atoms with Crippen molar-refractivity contribution in [3.05, 3.63) is 0 Å². The number of esters is 1. The highest BCUT2D eigenvalue weighted by molar-refractivity contribution is 5.88. The Kier molecular flexibility index (Phi) is 12.5. The number of nitrogens with zero attached hydrogens (tertiary/aromatic N) is 3. The summed E-state index contributed by atoms with van der Waals surface area (Å²) in [6, 6.07) is 0. The normalized spacial score (nSPS) is 10.1. The minimum absolute atomic E-state index is 0.0768. The molecule has 0 aliphatic carbocycles. The Bertz CT molecular complexity index is 500. The average Bonchev–Trinajstić information content (AvgIpc) is 2.61.